The van der Waals surface area contributed by atoms with E-state index in [9.17, 15) is 18.0 Å². The summed E-state index contributed by atoms with van der Waals surface area (Å²) in [4.78, 5) is 26.8. The molecule has 1 fully saturated rings. The van der Waals surface area contributed by atoms with Crippen LogP contribution in [0, 0.1) is 20.8 Å². The first kappa shape index (κ1) is 23.1. The van der Waals surface area contributed by atoms with E-state index in [-0.39, 0.29) is 21.9 Å². The van der Waals surface area contributed by atoms with Crippen LogP contribution < -0.4 is 10.2 Å². The third-order valence-corrected chi connectivity index (χ3v) is 8.30. The topological polar surface area (TPSA) is 109 Å². The van der Waals surface area contributed by atoms with Crippen molar-refractivity contribution in [3.63, 3.8) is 0 Å². The van der Waals surface area contributed by atoms with E-state index >= 15 is 0 Å². The standard InChI is InChI=1S/C23H24N4O4S2/c1-14-4-8-19(9-5-14)33(30,31)13-20(28)24-23-26-25-22(32-23)17-11-21(29)27(12-17)18-7-6-15(2)16(3)10-18/h4-10,17H,11-13H2,1-3H3,(H,24,26,28). The van der Waals surface area contributed by atoms with Gasteiger partial charge in [-0.25, -0.2) is 8.42 Å². The Morgan fingerprint density at radius 1 is 1.09 bits per heavy atom. The predicted molar refractivity (Wildman–Crippen MR) is 127 cm³/mol. The Hall–Kier alpha value is -3.11. The first-order chi connectivity index (χ1) is 15.6. The van der Waals surface area contributed by atoms with Crippen LogP contribution in [0.5, 0.6) is 0 Å². The molecular formula is C23H24N4O4S2. The van der Waals surface area contributed by atoms with Gasteiger partial charge in [-0.05, 0) is 56.2 Å². The van der Waals surface area contributed by atoms with Crippen LogP contribution in [0.2, 0.25) is 0 Å². The molecule has 1 atom stereocenters. The Labute approximate surface area is 196 Å². The summed E-state index contributed by atoms with van der Waals surface area (Å²) in [5, 5.41) is 11.5. The fraction of sp³-hybridized carbons (Fsp3) is 0.304. The molecule has 1 aliphatic rings. The summed E-state index contributed by atoms with van der Waals surface area (Å²) in [6, 6.07) is 12.3. The van der Waals surface area contributed by atoms with Crippen LogP contribution in [0.25, 0.3) is 0 Å². The quantitative estimate of drug-likeness (QED) is 0.574. The Kier molecular flexibility index (Phi) is 6.31. The molecule has 4 rings (SSSR count). The maximum atomic E-state index is 12.6. The molecule has 1 aliphatic heterocycles. The van der Waals surface area contributed by atoms with Crippen LogP contribution in [0.15, 0.2) is 47.4 Å². The molecule has 2 heterocycles. The molecule has 0 radical (unpaired) electrons. The van der Waals surface area contributed by atoms with Crippen molar-refractivity contribution < 1.29 is 18.0 Å². The highest BCUT2D eigenvalue weighted by Crippen LogP contribution is 2.34. The second kappa shape index (κ2) is 9.03. The van der Waals surface area contributed by atoms with Gasteiger partial charge >= 0.3 is 0 Å². The monoisotopic (exact) mass is 484 g/mol. The number of nitrogens with one attached hydrogen (secondary N) is 1. The molecule has 0 spiro atoms. The van der Waals surface area contributed by atoms with Gasteiger partial charge in [0, 0.05) is 24.6 Å². The lowest BCUT2D eigenvalue weighted by molar-refractivity contribution is -0.117. The molecule has 0 aliphatic carbocycles. The second-order valence-electron chi connectivity index (χ2n) is 8.24. The van der Waals surface area contributed by atoms with Gasteiger partial charge in [-0.2, -0.15) is 0 Å². The minimum absolute atomic E-state index is 0.00762. The maximum Gasteiger partial charge on any atom is 0.241 e. The summed E-state index contributed by atoms with van der Waals surface area (Å²) < 4.78 is 24.9. The van der Waals surface area contributed by atoms with Crippen LogP contribution in [-0.2, 0) is 19.4 Å². The highest BCUT2D eigenvalue weighted by molar-refractivity contribution is 7.92. The molecule has 1 saturated heterocycles. The van der Waals surface area contributed by atoms with E-state index in [2.05, 4.69) is 15.5 Å². The molecule has 0 saturated carbocycles. The van der Waals surface area contributed by atoms with Crippen LogP contribution in [0.3, 0.4) is 0 Å². The minimum atomic E-state index is -3.76. The van der Waals surface area contributed by atoms with Crippen molar-refractivity contribution in [1.82, 2.24) is 10.2 Å². The molecule has 1 aromatic heterocycles. The molecule has 3 aromatic rings. The molecule has 172 valence electrons. The first-order valence-electron chi connectivity index (χ1n) is 10.4. The average molecular weight is 485 g/mol. The Bertz CT molecular complexity index is 1320. The maximum absolute atomic E-state index is 12.6. The van der Waals surface area contributed by atoms with E-state index in [4.69, 9.17) is 0 Å². The fourth-order valence-electron chi connectivity index (χ4n) is 3.62. The molecule has 1 unspecified atom stereocenters. The lowest BCUT2D eigenvalue weighted by Gasteiger charge is -2.17. The molecule has 2 amide bonds. The lowest BCUT2D eigenvalue weighted by Crippen LogP contribution is -2.24. The Balaban J connectivity index is 1.40. The van der Waals surface area contributed by atoms with E-state index in [1.807, 2.05) is 39.0 Å². The summed E-state index contributed by atoms with van der Waals surface area (Å²) >= 11 is 1.16. The fourth-order valence-corrected chi connectivity index (χ4v) is 5.61. The predicted octanol–water partition coefficient (Wildman–Crippen LogP) is 3.40. The van der Waals surface area contributed by atoms with Gasteiger partial charge in [0.1, 0.15) is 10.8 Å². The van der Waals surface area contributed by atoms with Crippen molar-refractivity contribution in [2.75, 3.05) is 22.5 Å². The summed E-state index contributed by atoms with van der Waals surface area (Å²) in [6.07, 6.45) is 0.303. The van der Waals surface area contributed by atoms with Gasteiger partial charge in [0.2, 0.25) is 16.9 Å². The zero-order valence-corrected chi connectivity index (χ0v) is 20.2. The number of amides is 2. The van der Waals surface area contributed by atoms with Crippen molar-refractivity contribution in [3.05, 3.63) is 64.2 Å². The molecule has 1 N–H and O–H groups in total. The van der Waals surface area contributed by atoms with E-state index in [0.29, 0.717) is 18.0 Å². The molecule has 0 bridgehead atoms. The van der Waals surface area contributed by atoms with Gasteiger partial charge in [-0.1, -0.05) is 35.1 Å². The van der Waals surface area contributed by atoms with Gasteiger partial charge in [-0.3, -0.25) is 14.9 Å². The number of aryl methyl sites for hydroxylation is 3. The van der Waals surface area contributed by atoms with Crippen molar-refractivity contribution in [3.8, 4) is 0 Å². The zero-order chi connectivity index (χ0) is 23.8. The molecular weight excluding hydrogens is 460 g/mol. The molecule has 33 heavy (non-hydrogen) atoms. The van der Waals surface area contributed by atoms with Gasteiger partial charge in [0.05, 0.1) is 4.90 Å². The number of rotatable bonds is 6. The number of aromatic nitrogens is 2. The highest BCUT2D eigenvalue weighted by Gasteiger charge is 2.34. The van der Waals surface area contributed by atoms with Crippen molar-refractivity contribution in [2.45, 2.75) is 38.0 Å². The summed E-state index contributed by atoms with van der Waals surface area (Å²) in [7, 11) is -3.76. The lowest BCUT2D eigenvalue weighted by atomic mass is 10.1. The van der Waals surface area contributed by atoms with Gasteiger partial charge in [0.25, 0.3) is 0 Å². The number of hydrogen-bond acceptors (Lipinski definition) is 7. The van der Waals surface area contributed by atoms with Crippen LogP contribution in [0.4, 0.5) is 10.8 Å². The number of hydrogen-bond donors (Lipinski definition) is 1. The zero-order valence-electron chi connectivity index (χ0n) is 18.5. The average Bonchev–Trinajstić information content (AvgIpc) is 3.36. The van der Waals surface area contributed by atoms with Crippen LogP contribution >= 0.6 is 11.3 Å². The van der Waals surface area contributed by atoms with Crippen LogP contribution in [0.1, 0.15) is 34.0 Å². The number of sulfone groups is 1. The van der Waals surface area contributed by atoms with E-state index in [0.717, 1.165) is 33.7 Å². The summed E-state index contributed by atoms with van der Waals surface area (Å²) in [6.45, 7) is 6.37. The minimum Gasteiger partial charge on any atom is -0.312 e. The van der Waals surface area contributed by atoms with Crippen molar-refractivity contribution in [2.24, 2.45) is 0 Å². The van der Waals surface area contributed by atoms with E-state index in [1.54, 1.807) is 17.0 Å². The molecule has 2 aromatic carbocycles. The smallest absolute Gasteiger partial charge is 0.241 e. The van der Waals surface area contributed by atoms with Gasteiger partial charge in [0.15, 0.2) is 9.84 Å². The number of benzene rings is 2. The SMILES string of the molecule is Cc1ccc(S(=O)(=O)CC(=O)Nc2nnc(C3CC(=O)N(c4ccc(C)c(C)c4)C3)s2)cc1. The number of carbonyl (C=O) groups is 2. The van der Waals surface area contributed by atoms with Crippen molar-refractivity contribution in [1.29, 1.82) is 0 Å². The Morgan fingerprint density at radius 2 is 1.82 bits per heavy atom. The third kappa shape index (κ3) is 5.12. The van der Waals surface area contributed by atoms with Gasteiger partial charge in [-0.15, -0.1) is 10.2 Å². The van der Waals surface area contributed by atoms with E-state index < -0.39 is 21.5 Å². The number of nitrogens with zero attached hydrogens (tertiary/aromatic N) is 3. The van der Waals surface area contributed by atoms with Crippen molar-refractivity contribution >= 4 is 43.8 Å². The normalized spacial score (nSPS) is 16.3. The van der Waals surface area contributed by atoms with Gasteiger partial charge < -0.3 is 4.90 Å². The second-order valence-corrected chi connectivity index (χ2v) is 11.2. The number of anilines is 2. The molecule has 8 nitrogen and oxygen atoms in total. The largest absolute Gasteiger partial charge is 0.312 e. The Morgan fingerprint density at radius 3 is 2.52 bits per heavy atom. The van der Waals surface area contributed by atoms with Crippen LogP contribution in [-0.4, -0.2) is 42.7 Å². The summed E-state index contributed by atoms with van der Waals surface area (Å²) in [5.41, 5.74) is 4.06. The van der Waals surface area contributed by atoms with E-state index in [1.165, 1.54) is 12.1 Å². The summed E-state index contributed by atoms with van der Waals surface area (Å²) in [5.74, 6) is -1.50. The highest BCUT2D eigenvalue weighted by atomic mass is 32.2. The first-order valence-corrected chi connectivity index (χ1v) is 12.9. The third-order valence-electron chi connectivity index (χ3n) is 5.66. The number of carbonyl (C=O) groups excluding carboxylic acids is 2. The molecule has 10 heteroatoms.